The van der Waals surface area contributed by atoms with Crippen LogP contribution in [0.3, 0.4) is 0 Å². The summed E-state index contributed by atoms with van der Waals surface area (Å²) in [6.07, 6.45) is 0.732. The summed E-state index contributed by atoms with van der Waals surface area (Å²) < 4.78 is 15.8. The standard InChI is InChI=1S/C21H22FN5OS2/c1-2-17-23-21-27(24-17)20(28)19(30-21)18(16-8-5-13-29-16)26-11-9-25(10-12-26)15-7-4-3-6-14(15)22/h3-8,13,18,28H,2,9-12H2,1H3/t18-/m1/s1. The quantitative estimate of drug-likeness (QED) is 0.502. The highest BCUT2D eigenvalue weighted by atomic mass is 32.1. The van der Waals surface area contributed by atoms with Crippen molar-refractivity contribution in [2.45, 2.75) is 19.4 Å². The summed E-state index contributed by atoms with van der Waals surface area (Å²) in [4.78, 5) is 11.7. The Morgan fingerprint density at radius 2 is 1.93 bits per heavy atom. The number of thiophene rings is 1. The van der Waals surface area contributed by atoms with E-state index < -0.39 is 0 Å². The Morgan fingerprint density at radius 1 is 1.13 bits per heavy atom. The summed E-state index contributed by atoms with van der Waals surface area (Å²) in [7, 11) is 0. The van der Waals surface area contributed by atoms with Gasteiger partial charge < -0.3 is 10.0 Å². The number of nitrogens with zero attached hydrogens (tertiary/aromatic N) is 5. The molecule has 1 saturated heterocycles. The van der Waals surface area contributed by atoms with Crippen molar-refractivity contribution >= 4 is 33.3 Å². The average Bonchev–Trinajstić information content (AvgIpc) is 3.49. The lowest BCUT2D eigenvalue weighted by molar-refractivity contribution is 0.213. The molecule has 1 aliphatic rings. The van der Waals surface area contributed by atoms with Gasteiger partial charge in [0.1, 0.15) is 5.82 Å². The number of halogens is 1. The molecule has 5 rings (SSSR count). The Hall–Kier alpha value is -2.49. The molecule has 0 saturated carbocycles. The highest BCUT2D eigenvalue weighted by Crippen LogP contribution is 2.41. The number of benzene rings is 1. The first kappa shape index (κ1) is 19.5. The number of piperazine rings is 1. The second-order valence-corrected chi connectivity index (χ2v) is 9.25. The van der Waals surface area contributed by atoms with Crippen molar-refractivity contribution in [3.8, 4) is 5.88 Å². The molecule has 4 aromatic rings. The third kappa shape index (κ3) is 3.36. The van der Waals surface area contributed by atoms with Crippen LogP contribution in [0.4, 0.5) is 10.1 Å². The van der Waals surface area contributed by atoms with E-state index in [2.05, 4.69) is 31.3 Å². The highest BCUT2D eigenvalue weighted by molar-refractivity contribution is 7.17. The fraction of sp³-hybridized carbons (Fsp3) is 0.333. The normalized spacial score (nSPS) is 16.4. The number of fused-ring (bicyclic) bond motifs is 1. The number of para-hydroxylation sites is 1. The molecule has 9 heteroatoms. The molecule has 1 fully saturated rings. The molecule has 4 heterocycles. The second-order valence-electron chi connectivity index (χ2n) is 7.26. The van der Waals surface area contributed by atoms with Crippen LogP contribution in [-0.2, 0) is 6.42 Å². The van der Waals surface area contributed by atoms with Gasteiger partial charge in [-0.3, -0.25) is 4.90 Å². The van der Waals surface area contributed by atoms with Crippen molar-refractivity contribution in [2.24, 2.45) is 0 Å². The van der Waals surface area contributed by atoms with Gasteiger partial charge in [0.25, 0.3) is 0 Å². The van der Waals surface area contributed by atoms with Crippen LogP contribution in [0.5, 0.6) is 5.88 Å². The van der Waals surface area contributed by atoms with Gasteiger partial charge in [-0.2, -0.15) is 4.52 Å². The molecule has 0 unspecified atom stereocenters. The summed E-state index contributed by atoms with van der Waals surface area (Å²) in [5.41, 5.74) is 0.651. The van der Waals surface area contributed by atoms with E-state index in [1.54, 1.807) is 21.9 Å². The van der Waals surface area contributed by atoms with Crippen LogP contribution in [0.2, 0.25) is 0 Å². The number of aromatic nitrogens is 3. The molecule has 0 bridgehead atoms. The molecule has 30 heavy (non-hydrogen) atoms. The van der Waals surface area contributed by atoms with Gasteiger partial charge in [-0.15, -0.1) is 16.4 Å². The van der Waals surface area contributed by atoms with Gasteiger partial charge in [0.05, 0.1) is 16.6 Å². The first-order chi connectivity index (χ1) is 14.7. The van der Waals surface area contributed by atoms with Gasteiger partial charge in [0.2, 0.25) is 10.8 Å². The zero-order chi connectivity index (χ0) is 20.7. The summed E-state index contributed by atoms with van der Waals surface area (Å²) in [6.45, 7) is 4.99. The fourth-order valence-corrected chi connectivity index (χ4v) is 6.04. The van der Waals surface area contributed by atoms with E-state index in [0.29, 0.717) is 10.6 Å². The van der Waals surface area contributed by atoms with E-state index in [-0.39, 0.29) is 17.7 Å². The predicted molar refractivity (Wildman–Crippen MR) is 118 cm³/mol. The first-order valence-electron chi connectivity index (χ1n) is 10.00. The summed E-state index contributed by atoms with van der Waals surface area (Å²) in [6, 6.07) is 11.0. The van der Waals surface area contributed by atoms with Crippen molar-refractivity contribution in [3.63, 3.8) is 0 Å². The Labute approximate surface area is 181 Å². The minimum absolute atomic E-state index is 0.0636. The molecule has 1 aliphatic heterocycles. The van der Waals surface area contributed by atoms with Crippen molar-refractivity contribution < 1.29 is 9.50 Å². The topological polar surface area (TPSA) is 56.9 Å². The van der Waals surface area contributed by atoms with Crippen LogP contribution in [0.1, 0.15) is 28.5 Å². The lowest BCUT2D eigenvalue weighted by Crippen LogP contribution is -2.48. The Morgan fingerprint density at radius 3 is 2.60 bits per heavy atom. The van der Waals surface area contributed by atoms with Crippen molar-refractivity contribution in [3.05, 3.63) is 63.2 Å². The Balaban J connectivity index is 1.44. The number of thiazole rings is 1. The molecule has 1 N–H and O–H groups in total. The minimum Gasteiger partial charge on any atom is -0.492 e. The Kier molecular flexibility index (Phi) is 5.18. The van der Waals surface area contributed by atoms with E-state index in [4.69, 9.17) is 0 Å². The maximum atomic E-state index is 14.2. The minimum atomic E-state index is -0.185. The predicted octanol–water partition coefficient (Wildman–Crippen LogP) is 4.17. The van der Waals surface area contributed by atoms with Crippen LogP contribution in [0.15, 0.2) is 41.8 Å². The number of aryl methyl sites for hydroxylation is 1. The van der Waals surface area contributed by atoms with Crippen molar-refractivity contribution in [2.75, 3.05) is 31.1 Å². The summed E-state index contributed by atoms with van der Waals surface area (Å²) in [5.74, 6) is 0.710. The van der Waals surface area contributed by atoms with Gasteiger partial charge in [0, 0.05) is 37.5 Å². The van der Waals surface area contributed by atoms with Gasteiger partial charge in [-0.25, -0.2) is 9.37 Å². The van der Waals surface area contributed by atoms with Crippen LogP contribution in [-0.4, -0.2) is 50.8 Å². The van der Waals surface area contributed by atoms with Crippen LogP contribution in [0.25, 0.3) is 4.96 Å². The van der Waals surface area contributed by atoms with Crippen molar-refractivity contribution in [1.29, 1.82) is 0 Å². The maximum absolute atomic E-state index is 14.2. The number of hydrogen-bond acceptors (Lipinski definition) is 7. The summed E-state index contributed by atoms with van der Waals surface area (Å²) in [5, 5.41) is 17.4. The molecule has 3 aromatic heterocycles. The SMILES string of the molecule is CCc1nc2sc([C@@H](c3cccs3)N3CCN(c4ccccc4F)CC3)c(O)n2n1. The number of anilines is 1. The van der Waals surface area contributed by atoms with Gasteiger partial charge >= 0.3 is 0 Å². The smallest absolute Gasteiger partial charge is 0.230 e. The molecular formula is C21H22FN5OS2. The zero-order valence-electron chi connectivity index (χ0n) is 16.5. The third-order valence-electron chi connectivity index (χ3n) is 5.49. The number of rotatable bonds is 5. The fourth-order valence-electron chi connectivity index (χ4n) is 3.97. The molecule has 1 aromatic carbocycles. The second kappa shape index (κ2) is 7.98. The van der Waals surface area contributed by atoms with E-state index in [1.807, 2.05) is 25.1 Å². The van der Waals surface area contributed by atoms with E-state index in [0.717, 1.165) is 43.3 Å². The number of hydrogen-bond donors (Lipinski definition) is 1. The lowest BCUT2D eigenvalue weighted by atomic mass is 10.1. The Bertz CT molecular complexity index is 1150. The largest absolute Gasteiger partial charge is 0.492 e. The van der Waals surface area contributed by atoms with E-state index in [9.17, 15) is 9.50 Å². The monoisotopic (exact) mass is 443 g/mol. The van der Waals surface area contributed by atoms with Crippen molar-refractivity contribution in [1.82, 2.24) is 19.5 Å². The third-order valence-corrected chi connectivity index (χ3v) is 7.49. The van der Waals surface area contributed by atoms with Gasteiger partial charge in [-0.05, 0) is 23.6 Å². The van der Waals surface area contributed by atoms with Gasteiger partial charge in [-0.1, -0.05) is 36.5 Å². The van der Waals surface area contributed by atoms with Gasteiger partial charge in [0.15, 0.2) is 5.82 Å². The molecule has 156 valence electrons. The average molecular weight is 444 g/mol. The molecular weight excluding hydrogens is 421 g/mol. The zero-order valence-corrected chi connectivity index (χ0v) is 18.2. The number of aromatic hydroxyl groups is 1. The first-order valence-corrected chi connectivity index (χ1v) is 11.7. The molecule has 6 nitrogen and oxygen atoms in total. The molecule has 1 atom stereocenters. The van der Waals surface area contributed by atoms with E-state index >= 15 is 0 Å². The molecule has 0 radical (unpaired) electrons. The molecule has 0 spiro atoms. The molecule has 0 amide bonds. The van der Waals surface area contributed by atoms with Crippen LogP contribution >= 0.6 is 22.7 Å². The van der Waals surface area contributed by atoms with Crippen LogP contribution < -0.4 is 4.90 Å². The highest BCUT2D eigenvalue weighted by Gasteiger charge is 2.32. The van der Waals surface area contributed by atoms with E-state index in [1.165, 1.54) is 22.3 Å². The maximum Gasteiger partial charge on any atom is 0.230 e. The molecule has 0 aliphatic carbocycles. The summed E-state index contributed by atoms with van der Waals surface area (Å²) >= 11 is 3.17. The lowest BCUT2D eigenvalue weighted by Gasteiger charge is -2.39. The van der Waals surface area contributed by atoms with Crippen LogP contribution in [0, 0.1) is 5.82 Å².